The molecule has 5 heteroatoms. The van der Waals surface area contributed by atoms with Crippen LogP contribution in [0.3, 0.4) is 0 Å². The Kier molecular flexibility index (Phi) is 2.86. The summed E-state index contributed by atoms with van der Waals surface area (Å²) in [5.74, 6) is 1.30. The molecule has 2 aliphatic carbocycles. The van der Waals surface area contributed by atoms with Crippen LogP contribution in [0.1, 0.15) is 44.2 Å². The van der Waals surface area contributed by atoms with Crippen LogP contribution >= 0.6 is 0 Å². The molecule has 0 radical (unpaired) electrons. The van der Waals surface area contributed by atoms with E-state index in [2.05, 4.69) is 21.5 Å². The molecule has 0 aliphatic heterocycles. The van der Waals surface area contributed by atoms with Gasteiger partial charge in [0.1, 0.15) is 5.82 Å². The van der Waals surface area contributed by atoms with Crippen LogP contribution in [0.2, 0.25) is 0 Å². The van der Waals surface area contributed by atoms with E-state index in [0.717, 1.165) is 23.9 Å². The second kappa shape index (κ2) is 4.72. The first-order valence-electron chi connectivity index (χ1n) is 7.59. The zero-order valence-corrected chi connectivity index (χ0v) is 11.5. The summed E-state index contributed by atoms with van der Waals surface area (Å²) in [6, 6.07) is 2.54. The van der Waals surface area contributed by atoms with Gasteiger partial charge in [-0.2, -0.15) is 9.61 Å². The Hall–Kier alpha value is -1.65. The highest BCUT2D eigenvalue weighted by molar-refractivity contribution is 5.50. The first-order chi connectivity index (χ1) is 9.79. The standard InChI is InChI=1S/C15H19FN4/c16-13-9-17-20-14(18-11-3-1-2-4-11)8-12(19-15(13)20)7-10-5-6-10/h8-11,18H,1-7H2. The summed E-state index contributed by atoms with van der Waals surface area (Å²) in [5.41, 5.74) is 1.34. The molecule has 20 heavy (non-hydrogen) atoms. The van der Waals surface area contributed by atoms with Crippen molar-refractivity contribution in [2.45, 2.75) is 51.0 Å². The molecule has 4 nitrogen and oxygen atoms in total. The maximum atomic E-state index is 13.8. The zero-order valence-electron chi connectivity index (χ0n) is 11.5. The Morgan fingerprint density at radius 2 is 2.05 bits per heavy atom. The molecule has 2 aromatic heterocycles. The van der Waals surface area contributed by atoms with E-state index >= 15 is 0 Å². The van der Waals surface area contributed by atoms with E-state index in [0.29, 0.717) is 11.7 Å². The lowest BCUT2D eigenvalue weighted by molar-refractivity contribution is 0.634. The Morgan fingerprint density at radius 3 is 2.80 bits per heavy atom. The van der Waals surface area contributed by atoms with Crippen LogP contribution in [0.25, 0.3) is 5.65 Å². The highest BCUT2D eigenvalue weighted by Crippen LogP contribution is 2.33. The second-order valence-corrected chi connectivity index (χ2v) is 6.13. The van der Waals surface area contributed by atoms with Gasteiger partial charge in [-0.3, -0.25) is 0 Å². The second-order valence-electron chi connectivity index (χ2n) is 6.13. The van der Waals surface area contributed by atoms with Crippen molar-refractivity contribution >= 4 is 11.5 Å². The third-order valence-corrected chi connectivity index (χ3v) is 4.38. The van der Waals surface area contributed by atoms with Crippen molar-refractivity contribution in [1.29, 1.82) is 0 Å². The smallest absolute Gasteiger partial charge is 0.193 e. The topological polar surface area (TPSA) is 42.2 Å². The van der Waals surface area contributed by atoms with Gasteiger partial charge in [0.2, 0.25) is 0 Å². The van der Waals surface area contributed by atoms with Gasteiger partial charge in [-0.05, 0) is 38.0 Å². The van der Waals surface area contributed by atoms with Crippen LogP contribution in [0.5, 0.6) is 0 Å². The van der Waals surface area contributed by atoms with E-state index < -0.39 is 0 Å². The predicted octanol–water partition coefficient (Wildman–Crippen LogP) is 3.18. The van der Waals surface area contributed by atoms with Crippen LogP contribution in [0.15, 0.2) is 12.3 Å². The maximum absolute atomic E-state index is 13.8. The average molecular weight is 274 g/mol. The number of nitrogens with one attached hydrogen (secondary N) is 1. The Bertz CT molecular complexity index is 626. The van der Waals surface area contributed by atoms with E-state index in [1.54, 1.807) is 4.52 Å². The molecule has 0 saturated heterocycles. The van der Waals surface area contributed by atoms with Crippen molar-refractivity contribution < 1.29 is 4.39 Å². The monoisotopic (exact) mass is 274 g/mol. The summed E-state index contributed by atoms with van der Waals surface area (Å²) < 4.78 is 15.4. The van der Waals surface area contributed by atoms with Crippen molar-refractivity contribution in [3.05, 3.63) is 23.8 Å². The van der Waals surface area contributed by atoms with Gasteiger partial charge in [-0.1, -0.05) is 12.8 Å². The van der Waals surface area contributed by atoms with E-state index in [1.807, 2.05) is 0 Å². The quantitative estimate of drug-likeness (QED) is 0.931. The number of nitrogens with zero attached hydrogens (tertiary/aromatic N) is 3. The highest BCUT2D eigenvalue weighted by Gasteiger charge is 2.24. The summed E-state index contributed by atoms with van der Waals surface area (Å²) in [4.78, 5) is 4.44. The molecule has 2 fully saturated rings. The van der Waals surface area contributed by atoms with Crippen LogP contribution in [-0.4, -0.2) is 20.6 Å². The van der Waals surface area contributed by atoms with E-state index in [4.69, 9.17) is 0 Å². The van der Waals surface area contributed by atoms with Crippen LogP contribution in [0.4, 0.5) is 10.2 Å². The summed E-state index contributed by atoms with van der Waals surface area (Å²) >= 11 is 0. The van der Waals surface area contributed by atoms with Crippen molar-refractivity contribution in [2.75, 3.05) is 5.32 Å². The molecule has 0 spiro atoms. The van der Waals surface area contributed by atoms with Gasteiger partial charge < -0.3 is 5.32 Å². The van der Waals surface area contributed by atoms with Crippen LogP contribution < -0.4 is 5.32 Å². The number of hydrogen-bond acceptors (Lipinski definition) is 3. The van der Waals surface area contributed by atoms with Crippen molar-refractivity contribution in [3.63, 3.8) is 0 Å². The normalized spacial score (nSPS) is 19.9. The Morgan fingerprint density at radius 1 is 1.25 bits per heavy atom. The Balaban J connectivity index is 1.71. The maximum Gasteiger partial charge on any atom is 0.193 e. The molecule has 0 amide bonds. The molecular weight excluding hydrogens is 255 g/mol. The largest absolute Gasteiger partial charge is 0.367 e. The lowest BCUT2D eigenvalue weighted by Crippen LogP contribution is -2.18. The summed E-state index contributed by atoms with van der Waals surface area (Å²) in [6.45, 7) is 0. The first-order valence-corrected chi connectivity index (χ1v) is 7.59. The molecule has 2 aliphatic rings. The molecule has 2 aromatic rings. The Labute approximate surface area is 117 Å². The minimum Gasteiger partial charge on any atom is -0.367 e. The van der Waals surface area contributed by atoms with Crippen LogP contribution in [-0.2, 0) is 6.42 Å². The lowest BCUT2D eigenvalue weighted by Gasteiger charge is -2.15. The molecule has 0 atom stereocenters. The number of rotatable bonds is 4. The third kappa shape index (κ3) is 2.25. The minimum absolute atomic E-state index is 0.336. The van der Waals surface area contributed by atoms with Gasteiger partial charge in [-0.25, -0.2) is 9.37 Å². The lowest BCUT2D eigenvalue weighted by atomic mass is 10.2. The predicted molar refractivity (Wildman–Crippen MR) is 75.3 cm³/mol. The average Bonchev–Trinajstić information content (AvgIpc) is 2.95. The molecule has 0 aromatic carbocycles. The van der Waals surface area contributed by atoms with Gasteiger partial charge in [0.15, 0.2) is 11.5 Å². The third-order valence-electron chi connectivity index (χ3n) is 4.38. The zero-order chi connectivity index (χ0) is 13.5. The fraction of sp³-hybridized carbons (Fsp3) is 0.600. The van der Waals surface area contributed by atoms with E-state index in [-0.39, 0.29) is 5.82 Å². The number of anilines is 1. The van der Waals surface area contributed by atoms with E-state index in [9.17, 15) is 4.39 Å². The molecule has 0 bridgehead atoms. The SMILES string of the molecule is Fc1cnn2c(NC3CCCC3)cc(CC3CC3)nc12. The molecule has 0 unspecified atom stereocenters. The van der Waals surface area contributed by atoms with E-state index in [1.165, 1.54) is 44.7 Å². The highest BCUT2D eigenvalue weighted by atomic mass is 19.1. The molecule has 106 valence electrons. The summed E-state index contributed by atoms with van der Waals surface area (Å²) in [7, 11) is 0. The molecule has 4 rings (SSSR count). The van der Waals surface area contributed by atoms with Gasteiger partial charge in [-0.15, -0.1) is 0 Å². The molecule has 2 saturated carbocycles. The minimum atomic E-state index is -0.336. The molecule has 1 N–H and O–H groups in total. The van der Waals surface area contributed by atoms with Crippen molar-refractivity contribution in [3.8, 4) is 0 Å². The summed E-state index contributed by atoms with van der Waals surface area (Å²) in [6.07, 6.45) is 9.68. The van der Waals surface area contributed by atoms with Gasteiger partial charge in [0.25, 0.3) is 0 Å². The van der Waals surface area contributed by atoms with Crippen molar-refractivity contribution in [1.82, 2.24) is 14.6 Å². The van der Waals surface area contributed by atoms with Crippen LogP contribution in [0, 0.1) is 11.7 Å². The molecule has 2 heterocycles. The summed E-state index contributed by atoms with van der Waals surface area (Å²) in [5, 5.41) is 7.64. The fourth-order valence-corrected chi connectivity index (χ4v) is 3.09. The number of halogens is 1. The van der Waals surface area contributed by atoms with Gasteiger partial charge >= 0.3 is 0 Å². The van der Waals surface area contributed by atoms with Crippen molar-refractivity contribution in [2.24, 2.45) is 5.92 Å². The number of hydrogen-bond donors (Lipinski definition) is 1. The van der Waals surface area contributed by atoms with Gasteiger partial charge in [0.05, 0.1) is 6.20 Å². The number of aromatic nitrogens is 3. The van der Waals surface area contributed by atoms with Gasteiger partial charge in [0, 0.05) is 17.8 Å². The molecular formula is C15H19FN4. The fourth-order valence-electron chi connectivity index (χ4n) is 3.09. The first kappa shape index (κ1) is 12.1. The number of fused-ring (bicyclic) bond motifs is 1.